The predicted molar refractivity (Wildman–Crippen MR) is 377 cm³/mol. The molecule has 0 aromatic heterocycles. The van der Waals surface area contributed by atoms with Crippen LogP contribution in [0.5, 0.6) is 0 Å². The normalized spacial score (nSPS) is 11.6. The Morgan fingerprint density at radius 1 is 0.292 bits per heavy atom. The number of aryl methyl sites for hydroxylation is 2. The van der Waals surface area contributed by atoms with E-state index in [4.69, 9.17) is 10.2 Å². The van der Waals surface area contributed by atoms with Gasteiger partial charge in [-0.1, -0.05) is 248 Å². The van der Waals surface area contributed by atoms with Crippen LogP contribution < -0.4 is 19.8 Å². The minimum Gasteiger partial charge on any atom is -0.317 e. The second kappa shape index (κ2) is 29.2. The van der Waals surface area contributed by atoms with Gasteiger partial charge >= 0.3 is 0 Å². The number of nitrogens with zero attached hydrogens (tertiary/aromatic N) is 6. The first kappa shape index (κ1) is 58.1. The zero-order valence-corrected chi connectivity index (χ0v) is 50.1. The first-order valence-corrected chi connectivity index (χ1v) is 30.6. The van der Waals surface area contributed by atoms with Gasteiger partial charge in [-0.3, -0.25) is 0 Å². The first-order chi connectivity index (χ1) is 44.1. The van der Waals surface area contributed by atoms with Gasteiger partial charge in [0.2, 0.25) is 0 Å². The van der Waals surface area contributed by atoms with Crippen molar-refractivity contribution < 1.29 is 0 Å². The lowest BCUT2D eigenvalue weighted by atomic mass is 9.90. The van der Waals surface area contributed by atoms with Crippen LogP contribution in [-0.4, -0.2) is 12.4 Å². The minimum absolute atomic E-state index is 1.01. The van der Waals surface area contributed by atoms with Gasteiger partial charge in [0.1, 0.15) is 0 Å². The summed E-state index contributed by atoms with van der Waals surface area (Å²) in [6.45, 7) is 2.12. The molecule has 89 heavy (non-hydrogen) atoms. The third-order valence-corrected chi connectivity index (χ3v) is 15.8. The Hall–Kier alpha value is -11.3. The summed E-state index contributed by atoms with van der Waals surface area (Å²) in [4.78, 5) is 4.65. The summed E-state index contributed by atoms with van der Waals surface area (Å²) in [7, 11) is 0. The standard InChI is InChI=1S/C43H37N3.C40H33N3/c1-5-16-36(17-6-1)42(37-18-7-2-8-19-37)33-45(43-27-15-21-35-20-13-14-26-41(35)43)38-30-28-34(29-31-38)32-44-46(39-22-9-3-10-23-39)40-24-11-4-12-25-40;1-32-22-26-36(27-23-32)42(31-40(34-14-6-2-7-15-34)35-16-8-3-9-17-35)37-28-24-33(25-29-37)30-41-43(38-18-10-4-11-19-38)39-20-12-5-13-21-39/h1-12,15-19,21-25,27-33H,13-14,20,26H2;2-31H,1H3/b44-32+;41-30+. The number of anilines is 8. The number of fused-ring (bicyclic) bond motifs is 1. The van der Waals surface area contributed by atoms with Gasteiger partial charge in [0.15, 0.2) is 0 Å². The molecule has 0 fully saturated rings. The highest BCUT2D eigenvalue weighted by atomic mass is 15.5. The van der Waals surface area contributed by atoms with E-state index in [9.17, 15) is 0 Å². The number of rotatable bonds is 18. The van der Waals surface area contributed by atoms with Crippen molar-refractivity contribution in [2.75, 3.05) is 19.8 Å². The Bertz CT molecular complexity index is 4090. The van der Waals surface area contributed by atoms with Crippen molar-refractivity contribution in [2.24, 2.45) is 10.2 Å². The number of hydrazone groups is 2. The zero-order valence-electron chi connectivity index (χ0n) is 50.1. The van der Waals surface area contributed by atoms with Gasteiger partial charge in [0, 0.05) is 46.3 Å². The fourth-order valence-corrected chi connectivity index (χ4v) is 11.2. The van der Waals surface area contributed by atoms with Gasteiger partial charge in [-0.15, -0.1) is 0 Å². The van der Waals surface area contributed by atoms with E-state index in [0.29, 0.717) is 0 Å². The van der Waals surface area contributed by atoms with Gasteiger partial charge in [0.25, 0.3) is 0 Å². The molecule has 12 aromatic carbocycles. The molecule has 0 bridgehead atoms. The lowest BCUT2D eigenvalue weighted by molar-refractivity contribution is 0.685. The van der Waals surface area contributed by atoms with Crippen molar-refractivity contribution in [1.29, 1.82) is 0 Å². The Balaban J connectivity index is 0.000000173. The first-order valence-electron chi connectivity index (χ1n) is 30.6. The minimum atomic E-state index is 1.01. The second-order valence-corrected chi connectivity index (χ2v) is 21.9. The molecular formula is C83H70N6. The van der Waals surface area contributed by atoms with Crippen molar-refractivity contribution in [3.63, 3.8) is 0 Å². The summed E-state index contributed by atoms with van der Waals surface area (Å²) in [6, 6.07) is 116. The third-order valence-electron chi connectivity index (χ3n) is 15.8. The van der Waals surface area contributed by atoms with Crippen LogP contribution in [0.1, 0.15) is 62.9 Å². The lowest BCUT2D eigenvalue weighted by Gasteiger charge is -2.29. The summed E-state index contributed by atoms with van der Waals surface area (Å²) in [6.07, 6.45) is 13.1. The molecular weight excluding hydrogens is 1080 g/mol. The van der Waals surface area contributed by atoms with Gasteiger partial charge in [-0.2, -0.15) is 10.2 Å². The lowest BCUT2D eigenvalue weighted by Crippen LogP contribution is -2.15. The highest BCUT2D eigenvalue weighted by Crippen LogP contribution is 2.38. The van der Waals surface area contributed by atoms with E-state index in [1.54, 1.807) is 0 Å². The fourth-order valence-electron chi connectivity index (χ4n) is 11.2. The molecule has 0 saturated heterocycles. The van der Waals surface area contributed by atoms with Gasteiger partial charge in [-0.25, -0.2) is 10.0 Å². The molecule has 1 aliphatic rings. The van der Waals surface area contributed by atoms with Crippen molar-refractivity contribution in [3.8, 4) is 0 Å². The molecule has 0 unspecified atom stereocenters. The van der Waals surface area contributed by atoms with Crippen LogP contribution in [0.3, 0.4) is 0 Å². The molecule has 0 aliphatic heterocycles. The summed E-state index contributed by atoms with van der Waals surface area (Å²) in [5.41, 5.74) is 21.8. The van der Waals surface area contributed by atoms with Crippen LogP contribution in [0, 0.1) is 6.92 Å². The van der Waals surface area contributed by atoms with Crippen LogP contribution in [-0.2, 0) is 12.8 Å². The molecule has 1 aliphatic carbocycles. The van der Waals surface area contributed by atoms with E-state index >= 15 is 0 Å². The number of hydrogen-bond acceptors (Lipinski definition) is 6. The molecule has 6 nitrogen and oxygen atoms in total. The van der Waals surface area contributed by atoms with Crippen molar-refractivity contribution in [3.05, 3.63) is 396 Å². The van der Waals surface area contributed by atoms with Crippen LogP contribution in [0.2, 0.25) is 0 Å². The van der Waals surface area contributed by atoms with Crippen LogP contribution in [0.15, 0.2) is 356 Å². The quantitative estimate of drug-likeness (QED) is 0.0634. The molecule has 6 heteroatoms. The maximum absolute atomic E-state index is 4.94. The van der Waals surface area contributed by atoms with Gasteiger partial charge < -0.3 is 9.80 Å². The van der Waals surface area contributed by atoms with Crippen molar-refractivity contribution in [1.82, 2.24) is 0 Å². The van der Waals surface area contributed by atoms with E-state index < -0.39 is 0 Å². The molecule has 0 heterocycles. The Kier molecular flexibility index (Phi) is 19.0. The van der Waals surface area contributed by atoms with E-state index in [2.05, 4.69) is 290 Å². The molecule has 12 aromatic rings. The summed E-state index contributed by atoms with van der Waals surface area (Å²) in [5.74, 6) is 0. The number of para-hydroxylation sites is 4. The average molecular weight is 1150 g/mol. The molecule has 0 amide bonds. The number of hydrogen-bond donors (Lipinski definition) is 0. The highest BCUT2D eigenvalue weighted by Gasteiger charge is 2.20. The van der Waals surface area contributed by atoms with E-state index in [0.717, 1.165) is 80.5 Å². The molecule has 0 N–H and O–H groups in total. The molecule has 0 radical (unpaired) electrons. The van der Waals surface area contributed by atoms with Gasteiger partial charge in [0.05, 0.1) is 35.2 Å². The summed E-state index contributed by atoms with van der Waals surface area (Å²) in [5, 5.41) is 13.8. The Morgan fingerprint density at radius 3 is 0.978 bits per heavy atom. The zero-order chi connectivity index (χ0) is 60.2. The molecule has 0 spiro atoms. The maximum Gasteiger partial charge on any atom is 0.0652 e. The Morgan fingerprint density at radius 2 is 0.607 bits per heavy atom. The fraction of sp³-hybridized carbons (Fsp3) is 0.0602. The summed E-state index contributed by atoms with van der Waals surface area (Å²) < 4.78 is 0. The number of benzene rings is 12. The molecule has 0 saturated carbocycles. The van der Waals surface area contributed by atoms with Crippen LogP contribution in [0.25, 0.3) is 11.1 Å². The van der Waals surface area contributed by atoms with Crippen molar-refractivity contribution in [2.45, 2.75) is 32.6 Å². The molecule has 432 valence electrons. The monoisotopic (exact) mass is 1150 g/mol. The Labute approximate surface area is 524 Å². The van der Waals surface area contributed by atoms with E-state index in [1.807, 2.05) is 95.2 Å². The molecule has 0 atom stereocenters. The topological polar surface area (TPSA) is 37.7 Å². The summed E-state index contributed by atoms with van der Waals surface area (Å²) >= 11 is 0. The van der Waals surface area contributed by atoms with Gasteiger partial charge in [-0.05, 0) is 168 Å². The molecule has 13 rings (SSSR count). The smallest absolute Gasteiger partial charge is 0.0652 e. The third kappa shape index (κ3) is 14.8. The van der Waals surface area contributed by atoms with E-state index in [1.165, 1.54) is 51.9 Å². The predicted octanol–water partition coefficient (Wildman–Crippen LogP) is 21.4. The van der Waals surface area contributed by atoms with Crippen molar-refractivity contribution >= 4 is 69.1 Å². The average Bonchev–Trinajstić information content (AvgIpc) is 2.94. The highest BCUT2D eigenvalue weighted by molar-refractivity contribution is 5.88. The van der Waals surface area contributed by atoms with E-state index in [-0.39, 0.29) is 0 Å². The second-order valence-electron chi connectivity index (χ2n) is 21.9. The van der Waals surface area contributed by atoms with Crippen LogP contribution >= 0.6 is 0 Å². The largest absolute Gasteiger partial charge is 0.317 e. The SMILES string of the molecule is C(=C(c1ccccc1)c1ccccc1)N(c1ccc(/C=N/N(c2ccccc2)c2ccccc2)cc1)c1cccc2c1CCCC2.Cc1ccc(N(C=C(c2ccccc2)c2ccccc2)c2ccc(/C=N/N(c3ccccc3)c3ccccc3)cc2)cc1. The van der Waals surface area contributed by atoms with Crippen LogP contribution in [0.4, 0.5) is 45.5 Å². The maximum atomic E-state index is 4.94.